The van der Waals surface area contributed by atoms with Gasteiger partial charge in [0.25, 0.3) is 0 Å². The van der Waals surface area contributed by atoms with Gasteiger partial charge in [-0.05, 0) is 53.3 Å². The molecule has 2 heterocycles. The summed E-state index contributed by atoms with van der Waals surface area (Å²) in [6, 6.07) is 23.1. The molecule has 0 bridgehead atoms. The van der Waals surface area contributed by atoms with E-state index >= 15 is 0 Å². The molecule has 0 amide bonds. The van der Waals surface area contributed by atoms with E-state index in [-0.39, 0.29) is 5.82 Å². The molecule has 0 aliphatic rings. The first kappa shape index (κ1) is 19.5. The summed E-state index contributed by atoms with van der Waals surface area (Å²) in [5.41, 5.74) is 6.69. The van der Waals surface area contributed by atoms with Crippen molar-refractivity contribution in [2.75, 3.05) is 0 Å². The summed E-state index contributed by atoms with van der Waals surface area (Å²) in [6.45, 7) is 6.73. The highest BCUT2D eigenvalue weighted by atomic mass is 19.1. The minimum atomic E-state index is -0.246. The standard InChI is InChI=1S/C28H24FNO/c1-17(2)18(3)20-14-15-30-26(16-20)25-9-5-8-24-23-7-4-6-22(27(23)31-28(24)25)19-10-12-21(29)13-11-19/h4-18H,1-3H3. The Morgan fingerprint density at radius 3 is 2.10 bits per heavy atom. The zero-order chi connectivity index (χ0) is 21.5. The van der Waals surface area contributed by atoms with Gasteiger partial charge in [-0.3, -0.25) is 4.98 Å². The van der Waals surface area contributed by atoms with Crippen LogP contribution in [0.5, 0.6) is 0 Å². The van der Waals surface area contributed by atoms with Crippen molar-refractivity contribution < 1.29 is 8.81 Å². The number of pyridine rings is 1. The Balaban J connectivity index is 1.72. The van der Waals surface area contributed by atoms with E-state index in [9.17, 15) is 4.39 Å². The van der Waals surface area contributed by atoms with Gasteiger partial charge in [0, 0.05) is 28.1 Å². The largest absolute Gasteiger partial charge is 0.455 e. The molecule has 0 saturated heterocycles. The third-order valence-corrected chi connectivity index (χ3v) is 6.27. The Hall–Kier alpha value is -3.46. The minimum absolute atomic E-state index is 0.246. The molecule has 2 aromatic heterocycles. The number of furan rings is 1. The van der Waals surface area contributed by atoms with Crippen molar-refractivity contribution in [3.05, 3.63) is 90.4 Å². The molecule has 3 heteroatoms. The quantitative estimate of drug-likeness (QED) is 0.299. The summed E-state index contributed by atoms with van der Waals surface area (Å²) < 4.78 is 19.9. The molecule has 0 aliphatic carbocycles. The van der Waals surface area contributed by atoms with Crippen LogP contribution in [0, 0.1) is 11.7 Å². The first-order chi connectivity index (χ1) is 15.0. The molecule has 5 aromatic rings. The van der Waals surface area contributed by atoms with E-state index < -0.39 is 0 Å². The highest BCUT2D eigenvalue weighted by molar-refractivity contribution is 6.12. The molecule has 0 fully saturated rings. The Kier molecular flexibility index (Phi) is 4.82. The van der Waals surface area contributed by atoms with E-state index in [1.807, 2.05) is 18.3 Å². The summed E-state index contributed by atoms with van der Waals surface area (Å²) in [5.74, 6) is 0.751. The van der Waals surface area contributed by atoms with Crippen LogP contribution in [0.3, 0.4) is 0 Å². The number of fused-ring (bicyclic) bond motifs is 3. The van der Waals surface area contributed by atoms with Gasteiger partial charge in [0.15, 0.2) is 0 Å². The van der Waals surface area contributed by atoms with Crippen molar-refractivity contribution in [3.63, 3.8) is 0 Å². The number of hydrogen-bond donors (Lipinski definition) is 0. The molecule has 0 saturated carbocycles. The average Bonchev–Trinajstić information content (AvgIpc) is 3.18. The van der Waals surface area contributed by atoms with Gasteiger partial charge in [-0.25, -0.2) is 4.39 Å². The maximum atomic E-state index is 13.4. The molecule has 0 N–H and O–H groups in total. The lowest BCUT2D eigenvalue weighted by atomic mass is 9.90. The highest BCUT2D eigenvalue weighted by Crippen LogP contribution is 2.39. The first-order valence-corrected chi connectivity index (χ1v) is 10.7. The lowest BCUT2D eigenvalue weighted by molar-refractivity contribution is 0.535. The molecule has 0 aliphatic heterocycles. The van der Waals surface area contributed by atoms with Crippen LogP contribution in [0.15, 0.2) is 83.4 Å². The topological polar surface area (TPSA) is 26.0 Å². The van der Waals surface area contributed by atoms with Crippen LogP contribution in [-0.4, -0.2) is 4.98 Å². The van der Waals surface area contributed by atoms with Crippen LogP contribution < -0.4 is 0 Å². The number of benzene rings is 3. The summed E-state index contributed by atoms with van der Waals surface area (Å²) in [4.78, 5) is 4.66. The van der Waals surface area contributed by atoms with Crippen molar-refractivity contribution in [2.45, 2.75) is 26.7 Å². The average molecular weight is 410 g/mol. The van der Waals surface area contributed by atoms with Crippen LogP contribution in [0.4, 0.5) is 4.39 Å². The van der Waals surface area contributed by atoms with Gasteiger partial charge >= 0.3 is 0 Å². The van der Waals surface area contributed by atoms with Gasteiger partial charge in [-0.1, -0.05) is 63.2 Å². The summed E-state index contributed by atoms with van der Waals surface area (Å²) in [6.07, 6.45) is 1.88. The van der Waals surface area contributed by atoms with Crippen LogP contribution >= 0.6 is 0 Å². The fraction of sp³-hybridized carbons (Fsp3) is 0.179. The molecule has 1 unspecified atom stereocenters. The predicted octanol–water partition coefficient (Wildman–Crippen LogP) is 8.21. The molecule has 3 aromatic carbocycles. The second-order valence-electron chi connectivity index (χ2n) is 8.48. The van der Waals surface area contributed by atoms with E-state index in [1.165, 1.54) is 17.7 Å². The Morgan fingerprint density at radius 2 is 1.42 bits per heavy atom. The normalized spacial score (nSPS) is 12.7. The molecular weight excluding hydrogens is 385 g/mol. The lowest BCUT2D eigenvalue weighted by Crippen LogP contribution is -2.02. The Bertz CT molecular complexity index is 1380. The zero-order valence-corrected chi connectivity index (χ0v) is 17.9. The molecule has 2 nitrogen and oxygen atoms in total. The van der Waals surface area contributed by atoms with E-state index in [0.717, 1.165) is 44.3 Å². The van der Waals surface area contributed by atoms with Gasteiger partial charge in [0.2, 0.25) is 0 Å². The third kappa shape index (κ3) is 3.40. The summed E-state index contributed by atoms with van der Waals surface area (Å²) in [7, 11) is 0. The van der Waals surface area contributed by atoms with E-state index in [2.05, 4.69) is 62.2 Å². The summed E-state index contributed by atoms with van der Waals surface area (Å²) >= 11 is 0. The van der Waals surface area contributed by atoms with Gasteiger partial charge < -0.3 is 4.42 Å². The number of hydrogen-bond acceptors (Lipinski definition) is 2. The van der Waals surface area contributed by atoms with Crippen molar-refractivity contribution in [1.29, 1.82) is 0 Å². The number of nitrogens with zero attached hydrogens (tertiary/aromatic N) is 1. The second-order valence-corrected chi connectivity index (χ2v) is 8.48. The maximum absolute atomic E-state index is 13.4. The molecule has 0 spiro atoms. The lowest BCUT2D eigenvalue weighted by Gasteiger charge is -2.16. The monoisotopic (exact) mass is 409 g/mol. The Morgan fingerprint density at radius 1 is 0.774 bits per heavy atom. The first-order valence-electron chi connectivity index (χ1n) is 10.7. The van der Waals surface area contributed by atoms with E-state index in [1.54, 1.807) is 12.1 Å². The van der Waals surface area contributed by atoms with E-state index in [0.29, 0.717) is 11.8 Å². The van der Waals surface area contributed by atoms with E-state index in [4.69, 9.17) is 4.42 Å². The van der Waals surface area contributed by atoms with Crippen molar-refractivity contribution in [3.8, 4) is 22.4 Å². The number of para-hydroxylation sites is 2. The van der Waals surface area contributed by atoms with Gasteiger partial charge in [-0.15, -0.1) is 0 Å². The molecule has 31 heavy (non-hydrogen) atoms. The molecule has 5 rings (SSSR count). The van der Waals surface area contributed by atoms with Crippen molar-refractivity contribution in [1.82, 2.24) is 4.98 Å². The fourth-order valence-electron chi connectivity index (χ4n) is 4.14. The second kappa shape index (κ2) is 7.66. The Labute approximate surface area is 181 Å². The predicted molar refractivity (Wildman–Crippen MR) is 126 cm³/mol. The smallest absolute Gasteiger partial charge is 0.144 e. The number of halogens is 1. The van der Waals surface area contributed by atoms with Crippen LogP contribution in [-0.2, 0) is 0 Å². The fourth-order valence-corrected chi connectivity index (χ4v) is 4.14. The molecule has 154 valence electrons. The molecular formula is C28H24FNO. The van der Waals surface area contributed by atoms with Crippen molar-refractivity contribution in [2.24, 2.45) is 5.92 Å². The van der Waals surface area contributed by atoms with Crippen LogP contribution in [0.2, 0.25) is 0 Å². The van der Waals surface area contributed by atoms with Crippen LogP contribution in [0.25, 0.3) is 44.3 Å². The number of aromatic nitrogens is 1. The van der Waals surface area contributed by atoms with Gasteiger partial charge in [0.1, 0.15) is 17.0 Å². The van der Waals surface area contributed by atoms with Crippen LogP contribution in [0.1, 0.15) is 32.3 Å². The van der Waals surface area contributed by atoms with Crippen molar-refractivity contribution >= 4 is 21.9 Å². The van der Waals surface area contributed by atoms with Gasteiger partial charge in [0.05, 0.1) is 5.69 Å². The molecule has 1 atom stereocenters. The minimum Gasteiger partial charge on any atom is -0.455 e. The SMILES string of the molecule is CC(C)C(C)c1ccnc(-c2cccc3c2oc2c(-c4ccc(F)cc4)cccc23)c1. The zero-order valence-electron chi connectivity index (χ0n) is 17.9. The maximum Gasteiger partial charge on any atom is 0.144 e. The summed E-state index contributed by atoms with van der Waals surface area (Å²) in [5, 5.41) is 2.10. The van der Waals surface area contributed by atoms with Gasteiger partial charge in [-0.2, -0.15) is 0 Å². The molecule has 0 radical (unpaired) electrons. The third-order valence-electron chi connectivity index (χ3n) is 6.27. The number of rotatable bonds is 4. The highest BCUT2D eigenvalue weighted by Gasteiger charge is 2.17.